The average Bonchev–Trinajstić information content (AvgIpc) is 2.66. The summed E-state index contributed by atoms with van der Waals surface area (Å²) in [6.07, 6.45) is 6.27. The third-order valence-corrected chi connectivity index (χ3v) is 3.85. The van der Waals surface area contributed by atoms with E-state index in [0.29, 0.717) is 0 Å². The van der Waals surface area contributed by atoms with Crippen molar-refractivity contribution in [1.82, 2.24) is 10.2 Å². The van der Waals surface area contributed by atoms with Crippen LogP contribution in [0.25, 0.3) is 0 Å². The van der Waals surface area contributed by atoms with Crippen LogP contribution in [0.15, 0.2) is 23.0 Å². The Morgan fingerprint density at radius 2 is 2.17 bits per heavy atom. The van der Waals surface area contributed by atoms with E-state index in [1.807, 2.05) is 6.26 Å². The topological polar surface area (TPSA) is 28.4 Å². The van der Waals surface area contributed by atoms with Gasteiger partial charge in [0.05, 0.1) is 12.5 Å². The van der Waals surface area contributed by atoms with Gasteiger partial charge in [0.15, 0.2) is 0 Å². The summed E-state index contributed by atoms with van der Waals surface area (Å²) >= 11 is 0. The molecule has 2 rings (SSSR count). The smallest absolute Gasteiger partial charge is 0.0947 e. The van der Waals surface area contributed by atoms with E-state index < -0.39 is 0 Å². The van der Waals surface area contributed by atoms with Crippen molar-refractivity contribution in [1.29, 1.82) is 0 Å². The monoisotopic (exact) mass is 250 g/mol. The maximum atomic E-state index is 5.13. The molecule has 1 fully saturated rings. The molecule has 0 saturated heterocycles. The van der Waals surface area contributed by atoms with Crippen molar-refractivity contribution < 1.29 is 4.42 Å². The van der Waals surface area contributed by atoms with E-state index in [4.69, 9.17) is 4.42 Å². The number of hydrogen-bond acceptors (Lipinski definition) is 3. The summed E-state index contributed by atoms with van der Waals surface area (Å²) in [4.78, 5) is 2.46. The van der Waals surface area contributed by atoms with E-state index >= 15 is 0 Å². The zero-order chi connectivity index (χ0) is 13.2. The van der Waals surface area contributed by atoms with Crippen molar-refractivity contribution in [2.24, 2.45) is 5.92 Å². The van der Waals surface area contributed by atoms with Gasteiger partial charge in [0.1, 0.15) is 0 Å². The molecule has 1 aromatic heterocycles. The van der Waals surface area contributed by atoms with Crippen LogP contribution in [0.1, 0.15) is 39.2 Å². The molecule has 1 heterocycles. The van der Waals surface area contributed by atoms with Gasteiger partial charge in [-0.3, -0.25) is 4.90 Å². The van der Waals surface area contributed by atoms with Crippen LogP contribution < -0.4 is 5.32 Å². The zero-order valence-electron chi connectivity index (χ0n) is 12.1. The minimum Gasteiger partial charge on any atom is -0.472 e. The van der Waals surface area contributed by atoms with E-state index in [2.05, 4.69) is 44.1 Å². The Hall–Kier alpha value is -0.800. The molecule has 1 saturated carbocycles. The second-order valence-corrected chi connectivity index (χ2v) is 6.58. The maximum absolute atomic E-state index is 5.13. The Kier molecular flexibility index (Phi) is 4.13. The molecular weight excluding hydrogens is 224 g/mol. The predicted molar refractivity (Wildman–Crippen MR) is 74.4 cm³/mol. The van der Waals surface area contributed by atoms with Gasteiger partial charge in [-0.2, -0.15) is 0 Å². The SMILES string of the molecule is CN(Cc1ccoc1)C1CCC1CNC(C)(C)C. The average molecular weight is 250 g/mol. The molecule has 0 spiro atoms. The molecule has 1 aliphatic rings. The van der Waals surface area contributed by atoms with Gasteiger partial charge in [0, 0.05) is 23.7 Å². The fourth-order valence-corrected chi connectivity index (χ4v) is 2.59. The molecule has 3 heteroatoms. The Morgan fingerprint density at radius 3 is 2.67 bits per heavy atom. The summed E-state index contributed by atoms with van der Waals surface area (Å²) < 4.78 is 5.13. The molecular formula is C15H26N2O. The van der Waals surface area contributed by atoms with Gasteiger partial charge >= 0.3 is 0 Å². The highest BCUT2D eigenvalue weighted by Gasteiger charge is 2.34. The van der Waals surface area contributed by atoms with Crippen molar-refractivity contribution in [2.75, 3.05) is 13.6 Å². The van der Waals surface area contributed by atoms with E-state index in [1.54, 1.807) is 6.26 Å². The van der Waals surface area contributed by atoms with Crippen LogP contribution in [0.2, 0.25) is 0 Å². The van der Waals surface area contributed by atoms with Crippen LogP contribution in [-0.4, -0.2) is 30.1 Å². The van der Waals surface area contributed by atoms with Gasteiger partial charge in [-0.25, -0.2) is 0 Å². The highest BCUT2D eigenvalue weighted by Crippen LogP contribution is 2.32. The van der Waals surface area contributed by atoms with Crippen molar-refractivity contribution >= 4 is 0 Å². The fraction of sp³-hybridized carbons (Fsp3) is 0.733. The van der Waals surface area contributed by atoms with Gasteiger partial charge < -0.3 is 9.73 Å². The van der Waals surface area contributed by atoms with E-state index in [9.17, 15) is 0 Å². The number of nitrogens with one attached hydrogen (secondary N) is 1. The van der Waals surface area contributed by atoms with E-state index in [0.717, 1.165) is 25.0 Å². The number of furan rings is 1. The molecule has 1 N–H and O–H groups in total. The Labute approximate surface area is 111 Å². The Morgan fingerprint density at radius 1 is 1.39 bits per heavy atom. The first kappa shape index (κ1) is 13.6. The maximum Gasteiger partial charge on any atom is 0.0947 e. The zero-order valence-corrected chi connectivity index (χ0v) is 12.1. The summed E-state index contributed by atoms with van der Waals surface area (Å²) in [5, 5.41) is 3.62. The number of hydrogen-bond donors (Lipinski definition) is 1. The van der Waals surface area contributed by atoms with Crippen molar-refractivity contribution in [3.63, 3.8) is 0 Å². The molecule has 2 unspecified atom stereocenters. The second kappa shape index (κ2) is 5.45. The third kappa shape index (κ3) is 3.59. The summed E-state index contributed by atoms with van der Waals surface area (Å²) in [5.74, 6) is 0.793. The van der Waals surface area contributed by atoms with Crippen LogP contribution in [0.3, 0.4) is 0 Å². The molecule has 0 radical (unpaired) electrons. The molecule has 18 heavy (non-hydrogen) atoms. The summed E-state index contributed by atoms with van der Waals surface area (Å²) in [5.41, 5.74) is 1.50. The number of rotatable bonds is 5. The van der Waals surface area contributed by atoms with Gasteiger partial charge in [0.25, 0.3) is 0 Å². The second-order valence-electron chi connectivity index (χ2n) is 6.58. The largest absolute Gasteiger partial charge is 0.472 e. The minimum atomic E-state index is 0.225. The molecule has 1 aromatic rings. The first-order valence-corrected chi connectivity index (χ1v) is 6.92. The molecule has 0 aliphatic heterocycles. The van der Waals surface area contributed by atoms with Crippen molar-refractivity contribution in [3.05, 3.63) is 24.2 Å². The first-order valence-electron chi connectivity index (χ1n) is 6.92. The Bertz CT molecular complexity index is 353. The van der Waals surface area contributed by atoms with E-state index in [1.165, 1.54) is 18.4 Å². The van der Waals surface area contributed by atoms with Crippen LogP contribution in [-0.2, 0) is 6.54 Å². The van der Waals surface area contributed by atoms with Gasteiger partial charge in [-0.1, -0.05) is 0 Å². The van der Waals surface area contributed by atoms with E-state index in [-0.39, 0.29) is 5.54 Å². The van der Waals surface area contributed by atoms with Gasteiger partial charge in [-0.15, -0.1) is 0 Å². The molecule has 3 nitrogen and oxygen atoms in total. The Balaban J connectivity index is 1.79. The van der Waals surface area contributed by atoms with Crippen LogP contribution in [0, 0.1) is 5.92 Å². The lowest BCUT2D eigenvalue weighted by Gasteiger charge is -2.44. The molecule has 0 bridgehead atoms. The van der Waals surface area contributed by atoms with Gasteiger partial charge in [-0.05, 0) is 59.2 Å². The van der Waals surface area contributed by atoms with Crippen LogP contribution >= 0.6 is 0 Å². The van der Waals surface area contributed by atoms with Gasteiger partial charge in [0.2, 0.25) is 0 Å². The van der Waals surface area contributed by atoms with Crippen molar-refractivity contribution in [3.8, 4) is 0 Å². The minimum absolute atomic E-state index is 0.225. The summed E-state index contributed by atoms with van der Waals surface area (Å²) in [6.45, 7) is 8.82. The lowest BCUT2D eigenvalue weighted by Crippen LogP contribution is -2.51. The highest BCUT2D eigenvalue weighted by molar-refractivity contribution is 5.05. The predicted octanol–water partition coefficient (Wildman–Crippen LogP) is 2.88. The summed E-state index contributed by atoms with van der Waals surface area (Å²) in [7, 11) is 2.22. The number of nitrogens with zero attached hydrogens (tertiary/aromatic N) is 1. The fourth-order valence-electron chi connectivity index (χ4n) is 2.59. The highest BCUT2D eigenvalue weighted by atomic mass is 16.3. The molecule has 2 atom stereocenters. The molecule has 102 valence electrons. The van der Waals surface area contributed by atoms with Crippen LogP contribution in [0.4, 0.5) is 0 Å². The lowest BCUT2D eigenvalue weighted by atomic mass is 9.78. The quantitative estimate of drug-likeness (QED) is 0.871. The van der Waals surface area contributed by atoms with Crippen molar-refractivity contribution in [2.45, 2.75) is 51.7 Å². The lowest BCUT2D eigenvalue weighted by molar-refractivity contribution is 0.0736. The molecule has 1 aliphatic carbocycles. The summed E-state index contributed by atoms with van der Waals surface area (Å²) in [6, 6.07) is 2.77. The molecule has 0 amide bonds. The van der Waals surface area contributed by atoms with Crippen LogP contribution in [0.5, 0.6) is 0 Å². The third-order valence-electron chi connectivity index (χ3n) is 3.85. The molecule has 0 aromatic carbocycles. The normalized spacial score (nSPS) is 24.3. The standard InChI is InChI=1S/C15H26N2O/c1-15(2,3)16-9-13-5-6-14(13)17(4)10-12-7-8-18-11-12/h7-8,11,13-14,16H,5-6,9-10H2,1-4H3. The first-order chi connectivity index (χ1) is 8.46.